The molecule has 0 saturated carbocycles. The molecule has 1 aromatic heterocycles. The summed E-state index contributed by atoms with van der Waals surface area (Å²) in [5.74, 6) is 1.15. The summed E-state index contributed by atoms with van der Waals surface area (Å²) >= 11 is 0. The molecule has 8 heteroatoms. The maximum Gasteiger partial charge on any atom is 0.163 e. The van der Waals surface area contributed by atoms with Crippen molar-refractivity contribution in [3.8, 4) is 11.5 Å². The van der Waals surface area contributed by atoms with Crippen LogP contribution in [-0.2, 0) is 19.4 Å². The molecule has 0 saturated heterocycles. The maximum atomic E-state index is 12.7. The Morgan fingerprint density at radius 3 is 2.44 bits per heavy atom. The molecular formula is C24H28N4O4. The SMILES string of the molecule is CCc1c(COc2ccc(C(=O)CC(C)(C)Cc3nnn[nH]3)cc2)ccc(C(C)=O)c1O. The number of ketones is 2. The number of H-pyrrole nitrogens is 1. The number of aromatic amines is 1. The number of nitrogens with zero attached hydrogens (tertiary/aromatic N) is 3. The second-order valence-corrected chi connectivity index (χ2v) is 8.61. The number of nitrogens with one attached hydrogen (secondary N) is 1. The summed E-state index contributed by atoms with van der Waals surface area (Å²) in [6.45, 7) is 7.61. The molecule has 0 amide bonds. The van der Waals surface area contributed by atoms with E-state index >= 15 is 0 Å². The minimum absolute atomic E-state index is 0.0192. The largest absolute Gasteiger partial charge is 0.507 e. The number of aromatic nitrogens is 4. The first-order chi connectivity index (χ1) is 15.2. The molecule has 1 heterocycles. The highest BCUT2D eigenvalue weighted by Gasteiger charge is 2.25. The van der Waals surface area contributed by atoms with Crippen molar-refractivity contribution in [2.75, 3.05) is 0 Å². The van der Waals surface area contributed by atoms with Crippen molar-refractivity contribution >= 4 is 11.6 Å². The molecule has 0 aliphatic carbocycles. The summed E-state index contributed by atoms with van der Waals surface area (Å²) < 4.78 is 5.86. The first-order valence-electron chi connectivity index (χ1n) is 10.5. The van der Waals surface area contributed by atoms with Crippen LogP contribution in [-0.4, -0.2) is 37.3 Å². The zero-order valence-electron chi connectivity index (χ0n) is 18.8. The van der Waals surface area contributed by atoms with Crippen molar-refractivity contribution in [3.63, 3.8) is 0 Å². The van der Waals surface area contributed by atoms with Gasteiger partial charge in [0.2, 0.25) is 0 Å². The van der Waals surface area contributed by atoms with Gasteiger partial charge in [-0.1, -0.05) is 26.8 Å². The van der Waals surface area contributed by atoms with Crippen molar-refractivity contribution < 1.29 is 19.4 Å². The van der Waals surface area contributed by atoms with Crippen molar-refractivity contribution in [3.05, 3.63) is 64.5 Å². The van der Waals surface area contributed by atoms with E-state index < -0.39 is 0 Å². The van der Waals surface area contributed by atoms with Gasteiger partial charge in [0, 0.05) is 24.0 Å². The lowest BCUT2D eigenvalue weighted by molar-refractivity contribution is 0.0929. The summed E-state index contributed by atoms with van der Waals surface area (Å²) in [4.78, 5) is 24.4. The van der Waals surface area contributed by atoms with Crippen molar-refractivity contribution in [1.29, 1.82) is 0 Å². The Hall–Kier alpha value is -3.55. The second-order valence-electron chi connectivity index (χ2n) is 8.61. The van der Waals surface area contributed by atoms with Crippen LogP contribution in [0, 0.1) is 5.41 Å². The van der Waals surface area contributed by atoms with Crippen LogP contribution >= 0.6 is 0 Å². The summed E-state index contributed by atoms with van der Waals surface area (Å²) in [5, 5.41) is 24.1. The summed E-state index contributed by atoms with van der Waals surface area (Å²) in [6.07, 6.45) is 1.51. The van der Waals surface area contributed by atoms with Gasteiger partial charge in [0.15, 0.2) is 11.6 Å². The molecule has 3 aromatic rings. The van der Waals surface area contributed by atoms with Crippen LogP contribution in [0.1, 0.15) is 71.8 Å². The number of carbonyl (C=O) groups is 2. The number of hydrogen-bond acceptors (Lipinski definition) is 7. The molecule has 168 valence electrons. The number of phenolic OH excluding ortho intramolecular Hbond substituents is 1. The number of Topliss-reactive ketones (excluding diaryl/α,β-unsaturated/α-hetero) is 2. The number of hydrogen-bond donors (Lipinski definition) is 2. The van der Waals surface area contributed by atoms with Crippen LogP contribution in [0.2, 0.25) is 0 Å². The van der Waals surface area contributed by atoms with E-state index in [9.17, 15) is 14.7 Å². The Balaban J connectivity index is 1.63. The van der Waals surface area contributed by atoms with Crippen LogP contribution in [0.25, 0.3) is 0 Å². The molecule has 0 aliphatic heterocycles. The summed E-state index contributed by atoms with van der Waals surface area (Å²) in [5.41, 5.74) is 2.15. The first-order valence-corrected chi connectivity index (χ1v) is 10.5. The van der Waals surface area contributed by atoms with Crippen LogP contribution in [0.15, 0.2) is 36.4 Å². The smallest absolute Gasteiger partial charge is 0.163 e. The van der Waals surface area contributed by atoms with E-state index in [1.165, 1.54) is 6.92 Å². The van der Waals surface area contributed by atoms with E-state index in [1.807, 2.05) is 20.8 Å². The van der Waals surface area contributed by atoms with Gasteiger partial charge in [0.05, 0.1) is 5.56 Å². The Bertz CT molecular complexity index is 1090. The molecule has 2 aromatic carbocycles. The molecule has 0 bridgehead atoms. The molecule has 0 fully saturated rings. The number of phenols is 1. The van der Waals surface area contributed by atoms with Gasteiger partial charge in [-0.3, -0.25) is 9.59 Å². The second kappa shape index (κ2) is 9.72. The number of rotatable bonds is 10. The van der Waals surface area contributed by atoms with E-state index in [2.05, 4.69) is 20.6 Å². The molecule has 0 spiro atoms. The van der Waals surface area contributed by atoms with Gasteiger partial charge >= 0.3 is 0 Å². The molecule has 3 rings (SSSR count). The number of carbonyl (C=O) groups excluding carboxylic acids is 2. The van der Waals surface area contributed by atoms with E-state index in [0.717, 1.165) is 5.56 Å². The van der Waals surface area contributed by atoms with Crippen molar-refractivity contribution in [2.24, 2.45) is 5.41 Å². The Morgan fingerprint density at radius 2 is 1.84 bits per heavy atom. The number of tetrazole rings is 1. The number of benzene rings is 2. The monoisotopic (exact) mass is 436 g/mol. The van der Waals surface area contributed by atoms with Gasteiger partial charge < -0.3 is 9.84 Å². The van der Waals surface area contributed by atoms with Gasteiger partial charge in [0.1, 0.15) is 23.9 Å². The molecule has 0 radical (unpaired) electrons. The van der Waals surface area contributed by atoms with Gasteiger partial charge in [-0.2, -0.15) is 0 Å². The minimum atomic E-state index is -0.294. The third kappa shape index (κ3) is 5.57. The van der Waals surface area contributed by atoms with Crippen molar-refractivity contribution in [1.82, 2.24) is 20.6 Å². The van der Waals surface area contributed by atoms with E-state index in [1.54, 1.807) is 36.4 Å². The quantitative estimate of drug-likeness (QED) is 0.460. The maximum absolute atomic E-state index is 12.7. The zero-order chi connectivity index (χ0) is 23.3. The summed E-state index contributed by atoms with van der Waals surface area (Å²) in [7, 11) is 0. The predicted octanol–water partition coefficient (Wildman–Crippen LogP) is 4.09. The van der Waals surface area contributed by atoms with Crippen LogP contribution < -0.4 is 4.74 Å². The third-order valence-electron chi connectivity index (χ3n) is 5.36. The van der Waals surface area contributed by atoms with Gasteiger partial charge in [-0.15, -0.1) is 5.10 Å². The van der Waals surface area contributed by atoms with Crippen LogP contribution in [0.3, 0.4) is 0 Å². The average Bonchev–Trinajstić information content (AvgIpc) is 3.24. The molecule has 2 N–H and O–H groups in total. The average molecular weight is 437 g/mol. The highest BCUT2D eigenvalue weighted by Crippen LogP contribution is 2.29. The molecular weight excluding hydrogens is 408 g/mol. The third-order valence-corrected chi connectivity index (χ3v) is 5.36. The Labute approximate surface area is 187 Å². The fourth-order valence-electron chi connectivity index (χ4n) is 3.70. The Morgan fingerprint density at radius 1 is 1.12 bits per heavy atom. The lowest BCUT2D eigenvalue weighted by Crippen LogP contribution is -2.21. The topological polar surface area (TPSA) is 118 Å². The van der Waals surface area contributed by atoms with Gasteiger partial charge in [-0.25, -0.2) is 5.10 Å². The van der Waals surface area contributed by atoms with Crippen LogP contribution in [0.4, 0.5) is 0 Å². The Kier molecular flexibility index (Phi) is 7.02. The minimum Gasteiger partial charge on any atom is -0.507 e. The standard InChI is InChI=1S/C24H28N4O4/c1-5-19-17(8-11-20(15(2)29)23(19)31)14-32-18-9-6-16(7-10-18)21(30)12-24(3,4)13-22-25-27-28-26-22/h6-11,31H,5,12-14H2,1-4H3,(H,25,26,27,28). The lowest BCUT2D eigenvalue weighted by atomic mass is 9.82. The normalized spacial score (nSPS) is 11.4. The molecule has 0 unspecified atom stereocenters. The zero-order valence-corrected chi connectivity index (χ0v) is 18.8. The number of aromatic hydroxyl groups is 1. The molecule has 8 nitrogen and oxygen atoms in total. The number of ether oxygens (including phenoxy) is 1. The molecule has 32 heavy (non-hydrogen) atoms. The van der Waals surface area contributed by atoms with Gasteiger partial charge in [-0.05, 0) is 65.1 Å². The van der Waals surface area contributed by atoms with E-state index in [4.69, 9.17) is 4.74 Å². The summed E-state index contributed by atoms with van der Waals surface area (Å²) in [6, 6.07) is 10.4. The molecule has 0 atom stereocenters. The van der Waals surface area contributed by atoms with E-state index in [-0.39, 0.29) is 29.3 Å². The van der Waals surface area contributed by atoms with Gasteiger partial charge in [0.25, 0.3) is 0 Å². The fourth-order valence-corrected chi connectivity index (χ4v) is 3.70. The lowest BCUT2D eigenvalue weighted by Gasteiger charge is -2.22. The highest BCUT2D eigenvalue weighted by molar-refractivity contribution is 5.97. The predicted molar refractivity (Wildman–Crippen MR) is 119 cm³/mol. The first kappa shape index (κ1) is 23.1. The highest BCUT2D eigenvalue weighted by atomic mass is 16.5. The van der Waals surface area contributed by atoms with E-state index in [0.29, 0.717) is 47.5 Å². The fraction of sp³-hybridized carbons (Fsp3) is 0.375. The van der Waals surface area contributed by atoms with Crippen LogP contribution in [0.5, 0.6) is 11.5 Å². The molecule has 0 aliphatic rings. The van der Waals surface area contributed by atoms with Crippen molar-refractivity contribution in [2.45, 2.75) is 53.6 Å².